The summed E-state index contributed by atoms with van der Waals surface area (Å²) < 4.78 is 5.19. The first-order chi connectivity index (χ1) is 6.74. The average molecular weight is 194 g/mol. The van der Waals surface area contributed by atoms with Gasteiger partial charge in [0.2, 0.25) is 5.89 Å². The Labute approximate surface area is 82.3 Å². The van der Waals surface area contributed by atoms with Crippen molar-refractivity contribution in [1.82, 2.24) is 10.1 Å². The second kappa shape index (κ2) is 2.79. The van der Waals surface area contributed by atoms with E-state index >= 15 is 0 Å². The van der Waals surface area contributed by atoms with Crippen LogP contribution in [0.3, 0.4) is 0 Å². The van der Waals surface area contributed by atoms with Crippen molar-refractivity contribution in [1.29, 1.82) is 0 Å². The SMILES string of the molecule is CC1CC1c1noc(C2CC(O)C2)n1. The van der Waals surface area contributed by atoms with Crippen LogP contribution in [0.4, 0.5) is 0 Å². The first kappa shape index (κ1) is 8.41. The smallest absolute Gasteiger partial charge is 0.229 e. The number of aromatic nitrogens is 2. The molecule has 4 heteroatoms. The molecule has 1 aromatic heterocycles. The van der Waals surface area contributed by atoms with E-state index in [2.05, 4.69) is 17.1 Å². The van der Waals surface area contributed by atoms with Crippen LogP contribution < -0.4 is 0 Å². The zero-order valence-electron chi connectivity index (χ0n) is 8.18. The van der Waals surface area contributed by atoms with Crippen LogP contribution in [0.25, 0.3) is 0 Å². The van der Waals surface area contributed by atoms with E-state index in [0.717, 1.165) is 24.6 Å². The third kappa shape index (κ3) is 1.25. The molecule has 0 aromatic carbocycles. The molecule has 0 spiro atoms. The quantitative estimate of drug-likeness (QED) is 0.773. The van der Waals surface area contributed by atoms with Crippen molar-refractivity contribution in [2.45, 2.75) is 44.1 Å². The maximum atomic E-state index is 9.16. The third-order valence-corrected chi connectivity index (χ3v) is 3.36. The van der Waals surface area contributed by atoms with Crippen LogP contribution in [0.1, 0.15) is 49.7 Å². The summed E-state index contributed by atoms with van der Waals surface area (Å²) in [7, 11) is 0. The van der Waals surface area contributed by atoms with Crippen LogP contribution in [0.15, 0.2) is 4.52 Å². The van der Waals surface area contributed by atoms with Crippen molar-refractivity contribution in [2.24, 2.45) is 5.92 Å². The monoisotopic (exact) mass is 194 g/mol. The van der Waals surface area contributed by atoms with Crippen molar-refractivity contribution in [3.63, 3.8) is 0 Å². The molecule has 2 aliphatic rings. The molecule has 1 N–H and O–H groups in total. The molecule has 1 aromatic rings. The Morgan fingerprint density at radius 2 is 2.07 bits per heavy atom. The van der Waals surface area contributed by atoms with Gasteiger partial charge in [-0.2, -0.15) is 4.98 Å². The maximum Gasteiger partial charge on any atom is 0.229 e. The Kier molecular flexibility index (Phi) is 1.68. The summed E-state index contributed by atoms with van der Waals surface area (Å²) >= 11 is 0. The number of hydrogen-bond acceptors (Lipinski definition) is 4. The van der Waals surface area contributed by atoms with Crippen LogP contribution in [-0.2, 0) is 0 Å². The van der Waals surface area contributed by atoms with E-state index in [9.17, 15) is 0 Å². The summed E-state index contributed by atoms with van der Waals surface area (Å²) in [6.45, 7) is 2.20. The summed E-state index contributed by atoms with van der Waals surface area (Å²) in [4.78, 5) is 4.39. The summed E-state index contributed by atoms with van der Waals surface area (Å²) in [5.74, 6) is 3.14. The Morgan fingerprint density at radius 3 is 2.64 bits per heavy atom. The van der Waals surface area contributed by atoms with Crippen molar-refractivity contribution < 1.29 is 9.63 Å². The lowest BCUT2D eigenvalue weighted by Crippen LogP contribution is -2.26. The Hall–Kier alpha value is -0.900. The van der Waals surface area contributed by atoms with Gasteiger partial charge in [0.15, 0.2) is 5.82 Å². The van der Waals surface area contributed by atoms with E-state index in [1.165, 1.54) is 6.42 Å². The number of nitrogens with zero attached hydrogens (tertiary/aromatic N) is 2. The predicted octanol–water partition coefficient (Wildman–Crippen LogP) is 1.43. The van der Waals surface area contributed by atoms with Crippen LogP contribution in [0, 0.1) is 5.92 Å². The molecular formula is C10H14N2O2. The standard InChI is InChI=1S/C10H14N2O2/c1-5-2-8(5)9-11-10(14-12-9)6-3-7(13)4-6/h5-8,13H,2-4H2,1H3. The highest BCUT2D eigenvalue weighted by Crippen LogP contribution is 2.46. The van der Waals surface area contributed by atoms with Gasteiger partial charge >= 0.3 is 0 Å². The normalized spacial score (nSPS) is 40.7. The minimum atomic E-state index is -0.157. The molecule has 76 valence electrons. The zero-order valence-corrected chi connectivity index (χ0v) is 8.18. The Bertz CT molecular complexity index is 344. The van der Waals surface area contributed by atoms with Gasteiger partial charge < -0.3 is 9.63 Å². The van der Waals surface area contributed by atoms with Gasteiger partial charge in [0.25, 0.3) is 0 Å². The van der Waals surface area contributed by atoms with Crippen molar-refractivity contribution in [3.8, 4) is 0 Å². The van der Waals surface area contributed by atoms with E-state index < -0.39 is 0 Å². The second-order valence-electron chi connectivity index (χ2n) is 4.63. The topological polar surface area (TPSA) is 59.2 Å². The van der Waals surface area contributed by atoms with Gasteiger partial charge in [0.05, 0.1) is 6.10 Å². The number of hydrogen-bond donors (Lipinski definition) is 1. The van der Waals surface area contributed by atoms with E-state index in [1.807, 2.05) is 0 Å². The number of aliphatic hydroxyl groups excluding tert-OH is 1. The van der Waals surface area contributed by atoms with E-state index in [1.54, 1.807) is 0 Å². The van der Waals surface area contributed by atoms with Crippen molar-refractivity contribution in [2.75, 3.05) is 0 Å². The lowest BCUT2D eigenvalue weighted by atomic mass is 9.82. The van der Waals surface area contributed by atoms with Gasteiger partial charge in [-0.25, -0.2) is 0 Å². The number of rotatable bonds is 2. The van der Waals surface area contributed by atoms with Gasteiger partial charge in [-0.3, -0.25) is 0 Å². The van der Waals surface area contributed by atoms with Crippen molar-refractivity contribution >= 4 is 0 Å². The molecule has 2 aliphatic carbocycles. The molecule has 2 atom stereocenters. The molecule has 0 saturated heterocycles. The Balaban J connectivity index is 1.71. The molecule has 0 bridgehead atoms. The maximum absolute atomic E-state index is 9.16. The summed E-state index contributed by atoms with van der Waals surface area (Å²) in [5, 5.41) is 13.1. The van der Waals surface area contributed by atoms with Crippen LogP contribution in [0.5, 0.6) is 0 Å². The van der Waals surface area contributed by atoms with Crippen LogP contribution in [0.2, 0.25) is 0 Å². The summed E-state index contributed by atoms with van der Waals surface area (Å²) in [5.41, 5.74) is 0. The summed E-state index contributed by atoms with van der Waals surface area (Å²) in [6, 6.07) is 0. The minimum Gasteiger partial charge on any atom is -0.393 e. The zero-order chi connectivity index (χ0) is 9.71. The molecule has 0 amide bonds. The highest BCUT2D eigenvalue weighted by Gasteiger charge is 2.40. The molecule has 4 nitrogen and oxygen atoms in total. The molecule has 14 heavy (non-hydrogen) atoms. The second-order valence-corrected chi connectivity index (χ2v) is 4.63. The molecule has 2 saturated carbocycles. The van der Waals surface area contributed by atoms with Gasteiger partial charge in [0.1, 0.15) is 0 Å². The fraction of sp³-hybridized carbons (Fsp3) is 0.800. The third-order valence-electron chi connectivity index (χ3n) is 3.36. The average Bonchev–Trinajstić information content (AvgIpc) is 2.64. The highest BCUT2D eigenvalue weighted by atomic mass is 16.5. The fourth-order valence-electron chi connectivity index (χ4n) is 2.03. The highest BCUT2D eigenvalue weighted by molar-refractivity contribution is 5.10. The van der Waals surface area contributed by atoms with Gasteiger partial charge in [-0.1, -0.05) is 12.1 Å². The summed E-state index contributed by atoms with van der Waals surface area (Å²) in [6.07, 6.45) is 2.59. The van der Waals surface area contributed by atoms with Crippen LogP contribution in [-0.4, -0.2) is 21.4 Å². The molecule has 0 aliphatic heterocycles. The van der Waals surface area contributed by atoms with E-state index in [4.69, 9.17) is 9.63 Å². The Morgan fingerprint density at radius 1 is 1.36 bits per heavy atom. The molecule has 2 unspecified atom stereocenters. The fourth-order valence-corrected chi connectivity index (χ4v) is 2.03. The lowest BCUT2D eigenvalue weighted by molar-refractivity contribution is 0.0625. The molecule has 3 rings (SSSR count). The number of aliphatic hydroxyl groups is 1. The van der Waals surface area contributed by atoms with E-state index in [-0.39, 0.29) is 6.10 Å². The largest absolute Gasteiger partial charge is 0.393 e. The first-order valence-corrected chi connectivity index (χ1v) is 5.25. The lowest BCUT2D eigenvalue weighted by Gasteiger charge is -2.27. The molecule has 1 heterocycles. The molecular weight excluding hydrogens is 180 g/mol. The minimum absolute atomic E-state index is 0.157. The molecule has 0 radical (unpaired) electrons. The molecule has 2 fully saturated rings. The van der Waals surface area contributed by atoms with Gasteiger partial charge in [-0.05, 0) is 25.2 Å². The predicted molar refractivity (Wildman–Crippen MR) is 48.8 cm³/mol. The van der Waals surface area contributed by atoms with Gasteiger partial charge in [0, 0.05) is 11.8 Å². The van der Waals surface area contributed by atoms with Crippen molar-refractivity contribution in [3.05, 3.63) is 11.7 Å². The van der Waals surface area contributed by atoms with E-state index in [0.29, 0.717) is 17.8 Å². The first-order valence-electron chi connectivity index (χ1n) is 5.25. The van der Waals surface area contributed by atoms with Gasteiger partial charge in [-0.15, -0.1) is 0 Å². The van der Waals surface area contributed by atoms with Crippen LogP contribution >= 0.6 is 0 Å².